The van der Waals surface area contributed by atoms with Gasteiger partial charge < -0.3 is 34.3 Å². The summed E-state index contributed by atoms with van der Waals surface area (Å²) in [5.74, 6) is -0.435. The molecule has 0 aliphatic carbocycles. The lowest BCUT2D eigenvalue weighted by Crippen LogP contribution is -2.60. The van der Waals surface area contributed by atoms with Gasteiger partial charge in [-0.25, -0.2) is 4.18 Å². The maximum absolute atomic E-state index is 12.9. The molecule has 1 fully saturated rings. The Morgan fingerprint density at radius 3 is 1.67 bits per heavy atom. The summed E-state index contributed by atoms with van der Waals surface area (Å²) in [6, 6.07) is 0. The molecular weight excluding hydrogens is 801 g/mol. The molecule has 12 nitrogen and oxygen atoms in total. The minimum absolute atomic E-state index is 0.0145. The highest BCUT2D eigenvalue weighted by atomic mass is 32.3. The Hall–Kier alpha value is -2.46. The molecule has 352 valence electrons. The molecule has 0 aromatic rings. The van der Waals surface area contributed by atoms with E-state index in [0.29, 0.717) is 13.0 Å². The minimum Gasteiger partial charge on any atom is -0.457 e. The smallest absolute Gasteiger partial charge is 0.397 e. The molecule has 1 heterocycles. The molecule has 0 saturated carbocycles. The Labute approximate surface area is 369 Å². The first-order valence-electron chi connectivity index (χ1n) is 23.2. The van der Waals surface area contributed by atoms with Gasteiger partial charge in [-0.3, -0.25) is 9.35 Å². The van der Waals surface area contributed by atoms with E-state index < -0.39 is 59.8 Å². The van der Waals surface area contributed by atoms with E-state index >= 15 is 0 Å². The van der Waals surface area contributed by atoms with Crippen LogP contribution in [0, 0.1) is 0 Å². The number of aliphatic hydroxyl groups excluding tert-OH is 3. The van der Waals surface area contributed by atoms with Crippen LogP contribution in [0.25, 0.3) is 0 Å². The predicted molar refractivity (Wildman–Crippen MR) is 243 cm³/mol. The Kier molecular flexibility index (Phi) is 36.3. The Bertz CT molecular complexity index is 1340. The standard InChI is InChI=1S/C48H82O12S/c1-3-5-7-9-11-13-15-17-19-20-21-22-23-25-27-29-31-33-35-37-44(50)58-42(41-57-48-46(52)47(60-61(53,54)55)45(51)43(39-49)59-48)40-56-38-36-34-32-30-28-26-24-18-16-14-12-10-8-6-4-2/h5,7,11,13,16-19,21-22,25,27,42-43,45-49,51-52H,3-4,6,8-10,12,14-15,20,23-24,26,28-41H2,1-2H3,(H,53,54,55)/b7-5-,13-11-,18-16-,19-17-,22-21-,27-25-. The quantitative estimate of drug-likeness (QED) is 0.0199. The number of allylic oxidation sites excluding steroid dienone is 12. The zero-order valence-electron chi connectivity index (χ0n) is 37.4. The van der Waals surface area contributed by atoms with E-state index in [-0.39, 0.29) is 19.6 Å². The first-order valence-corrected chi connectivity index (χ1v) is 24.6. The van der Waals surface area contributed by atoms with Crippen LogP contribution in [0.3, 0.4) is 0 Å². The molecule has 0 aromatic heterocycles. The van der Waals surface area contributed by atoms with Crippen LogP contribution in [0.1, 0.15) is 162 Å². The van der Waals surface area contributed by atoms with Gasteiger partial charge in [0.05, 0.1) is 19.8 Å². The van der Waals surface area contributed by atoms with Crippen molar-refractivity contribution in [1.29, 1.82) is 0 Å². The molecule has 61 heavy (non-hydrogen) atoms. The topological polar surface area (TPSA) is 178 Å². The molecule has 1 rings (SSSR count). The molecule has 0 spiro atoms. The molecule has 0 bridgehead atoms. The average Bonchev–Trinajstić information content (AvgIpc) is 3.23. The van der Waals surface area contributed by atoms with E-state index in [1.54, 1.807) is 0 Å². The van der Waals surface area contributed by atoms with Crippen LogP contribution >= 0.6 is 0 Å². The zero-order valence-corrected chi connectivity index (χ0v) is 38.3. The van der Waals surface area contributed by atoms with Crippen molar-refractivity contribution in [2.75, 3.05) is 26.4 Å². The maximum Gasteiger partial charge on any atom is 0.397 e. The van der Waals surface area contributed by atoms with Crippen LogP contribution < -0.4 is 0 Å². The Morgan fingerprint density at radius 2 is 1.13 bits per heavy atom. The maximum atomic E-state index is 12.9. The largest absolute Gasteiger partial charge is 0.457 e. The summed E-state index contributed by atoms with van der Waals surface area (Å²) in [5.41, 5.74) is 0. The monoisotopic (exact) mass is 883 g/mol. The fourth-order valence-electron chi connectivity index (χ4n) is 6.57. The lowest BCUT2D eigenvalue weighted by Gasteiger charge is -2.41. The average molecular weight is 883 g/mol. The van der Waals surface area contributed by atoms with Crippen LogP contribution in [0.4, 0.5) is 0 Å². The van der Waals surface area contributed by atoms with E-state index in [4.69, 9.17) is 23.5 Å². The van der Waals surface area contributed by atoms with Crippen molar-refractivity contribution in [2.45, 2.75) is 198 Å². The molecule has 0 radical (unpaired) electrons. The van der Waals surface area contributed by atoms with Crippen LogP contribution in [0.5, 0.6) is 0 Å². The lowest BCUT2D eigenvalue weighted by atomic mass is 9.99. The van der Waals surface area contributed by atoms with Crippen molar-refractivity contribution < 1.29 is 56.2 Å². The molecule has 13 heteroatoms. The van der Waals surface area contributed by atoms with E-state index in [1.165, 1.54) is 51.4 Å². The van der Waals surface area contributed by atoms with E-state index in [0.717, 1.165) is 83.5 Å². The number of rotatable bonds is 39. The normalized spacial score (nSPS) is 20.8. The van der Waals surface area contributed by atoms with Gasteiger partial charge in [0.15, 0.2) is 6.29 Å². The summed E-state index contributed by atoms with van der Waals surface area (Å²) in [5, 5.41) is 30.7. The zero-order chi connectivity index (χ0) is 44.7. The van der Waals surface area contributed by atoms with Gasteiger partial charge in [0.2, 0.25) is 0 Å². The third-order valence-electron chi connectivity index (χ3n) is 10.1. The van der Waals surface area contributed by atoms with Crippen molar-refractivity contribution in [3.63, 3.8) is 0 Å². The van der Waals surface area contributed by atoms with Crippen molar-refractivity contribution in [2.24, 2.45) is 0 Å². The second-order valence-corrected chi connectivity index (χ2v) is 16.7. The van der Waals surface area contributed by atoms with Crippen molar-refractivity contribution in [3.8, 4) is 0 Å². The summed E-state index contributed by atoms with van der Waals surface area (Å²) >= 11 is 0. The first-order chi connectivity index (χ1) is 29.6. The summed E-state index contributed by atoms with van der Waals surface area (Å²) in [7, 11) is -5.07. The molecule has 1 saturated heterocycles. The Morgan fingerprint density at radius 1 is 0.639 bits per heavy atom. The van der Waals surface area contributed by atoms with Gasteiger partial charge in [-0.15, -0.1) is 0 Å². The van der Waals surface area contributed by atoms with Crippen molar-refractivity contribution in [3.05, 3.63) is 72.9 Å². The number of hydrogen-bond acceptors (Lipinski definition) is 11. The molecular formula is C48H82O12S. The number of unbranched alkanes of at least 4 members (excludes halogenated alkanes) is 14. The van der Waals surface area contributed by atoms with Crippen LogP contribution in [-0.4, -0.2) is 97.5 Å². The van der Waals surface area contributed by atoms with Crippen molar-refractivity contribution >= 4 is 16.4 Å². The molecule has 0 amide bonds. The highest BCUT2D eigenvalue weighted by Crippen LogP contribution is 2.26. The van der Waals surface area contributed by atoms with Crippen LogP contribution in [-0.2, 0) is 38.3 Å². The molecule has 0 aromatic carbocycles. The van der Waals surface area contributed by atoms with Gasteiger partial charge in [-0.2, -0.15) is 8.42 Å². The second-order valence-electron chi connectivity index (χ2n) is 15.6. The summed E-state index contributed by atoms with van der Waals surface area (Å²) in [6.07, 6.45) is 40.7. The fraction of sp³-hybridized carbons (Fsp3) is 0.729. The third-order valence-corrected chi connectivity index (χ3v) is 10.5. The van der Waals surface area contributed by atoms with Gasteiger partial charge >= 0.3 is 16.4 Å². The Balaban J connectivity index is 2.46. The van der Waals surface area contributed by atoms with Gasteiger partial charge in [-0.05, 0) is 83.5 Å². The molecule has 1 aliphatic rings. The van der Waals surface area contributed by atoms with Gasteiger partial charge in [0, 0.05) is 13.0 Å². The predicted octanol–water partition coefficient (Wildman–Crippen LogP) is 9.91. The molecule has 6 atom stereocenters. The number of ether oxygens (including phenoxy) is 4. The summed E-state index contributed by atoms with van der Waals surface area (Å²) in [4.78, 5) is 12.9. The number of carbonyl (C=O) groups is 1. The van der Waals surface area contributed by atoms with Gasteiger partial charge in [0.25, 0.3) is 0 Å². The number of aliphatic hydroxyl groups is 3. The highest BCUT2D eigenvalue weighted by molar-refractivity contribution is 7.80. The SMILES string of the molecule is CC/C=C\C/C=C\C/C=C\C/C=C\C/C=C\CCCCCC(=O)OC(COCCCCCCCC/C=C\CCCCCCC)COC1OC(CO)C(O)C(OS(=O)(=O)O)C1O. The van der Waals surface area contributed by atoms with Crippen LogP contribution in [0.15, 0.2) is 72.9 Å². The van der Waals surface area contributed by atoms with Gasteiger partial charge in [0.1, 0.15) is 30.5 Å². The fourth-order valence-corrected chi connectivity index (χ4v) is 7.08. The third kappa shape index (κ3) is 32.8. The van der Waals surface area contributed by atoms with Gasteiger partial charge in [-0.1, -0.05) is 145 Å². The molecule has 6 unspecified atom stereocenters. The number of esters is 1. The highest BCUT2D eigenvalue weighted by Gasteiger charge is 2.48. The van der Waals surface area contributed by atoms with E-state index in [9.17, 15) is 28.5 Å². The lowest BCUT2D eigenvalue weighted by molar-refractivity contribution is -0.301. The molecule has 1 aliphatic heterocycles. The number of hydrogen-bond donors (Lipinski definition) is 4. The number of carbonyl (C=O) groups excluding carboxylic acids is 1. The van der Waals surface area contributed by atoms with E-state index in [2.05, 4.69) is 90.9 Å². The minimum atomic E-state index is -5.07. The molecule has 4 N–H and O–H groups in total. The summed E-state index contributed by atoms with van der Waals surface area (Å²) < 4.78 is 59.0. The van der Waals surface area contributed by atoms with Crippen LogP contribution in [0.2, 0.25) is 0 Å². The van der Waals surface area contributed by atoms with E-state index in [1.807, 2.05) is 0 Å². The first kappa shape index (κ1) is 56.6. The summed E-state index contributed by atoms with van der Waals surface area (Å²) in [6.45, 7) is 3.80. The van der Waals surface area contributed by atoms with Crippen molar-refractivity contribution in [1.82, 2.24) is 0 Å². The second kappa shape index (κ2) is 39.2.